The van der Waals surface area contributed by atoms with Crippen molar-refractivity contribution in [3.63, 3.8) is 0 Å². The zero-order valence-corrected chi connectivity index (χ0v) is 17.0. The average Bonchev–Trinajstić information content (AvgIpc) is 3.13. The van der Waals surface area contributed by atoms with Gasteiger partial charge >= 0.3 is 5.97 Å². The number of nitrogens with one attached hydrogen (secondary N) is 2. The van der Waals surface area contributed by atoms with Crippen LogP contribution in [0.25, 0.3) is 0 Å². The van der Waals surface area contributed by atoms with Crippen molar-refractivity contribution in [3.8, 4) is 5.75 Å². The van der Waals surface area contributed by atoms with Crippen LogP contribution in [0.1, 0.15) is 33.4 Å². The standard InChI is InChI=1S/C21H17BrN2O5/c1-13(25)28-17-4-2-3-15(11-17)20(26)24-16-7-5-14(6-8-16)12-23-21(27)18-9-10-19(22)29-18/h2-11H,12H2,1H3,(H,23,27)(H,24,26). The molecule has 7 nitrogen and oxygen atoms in total. The molecule has 0 aliphatic heterocycles. The van der Waals surface area contributed by atoms with E-state index in [-0.39, 0.29) is 17.6 Å². The molecule has 0 unspecified atom stereocenters. The molecule has 29 heavy (non-hydrogen) atoms. The minimum atomic E-state index is -0.454. The van der Waals surface area contributed by atoms with Crippen molar-refractivity contribution in [2.45, 2.75) is 13.5 Å². The molecule has 148 valence electrons. The van der Waals surface area contributed by atoms with E-state index in [0.29, 0.717) is 28.2 Å². The number of anilines is 1. The summed E-state index contributed by atoms with van der Waals surface area (Å²) >= 11 is 3.15. The Kier molecular flexibility index (Phi) is 6.46. The summed E-state index contributed by atoms with van der Waals surface area (Å²) in [5, 5.41) is 5.53. The smallest absolute Gasteiger partial charge is 0.308 e. The number of amides is 2. The van der Waals surface area contributed by atoms with Crippen molar-refractivity contribution in [3.05, 3.63) is 82.2 Å². The van der Waals surface area contributed by atoms with Crippen LogP contribution in [0.3, 0.4) is 0 Å². The molecule has 0 bridgehead atoms. The van der Waals surface area contributed by atoms with E-state index in [0.717, 1.165) is 5.56 Å². The number of hydrogen-bond donors (Lipinski definition) is 2. The maximum atomic E-state index is 12.4. The summed E-state index contributed by atoms with van der Waals surface area (Å²) < 4.78 is 10.7. The topological polar surface area (TPSA) is 97.6 Å². The lowest BCUT2D eigenvalue weighted by molar-refractivity contribution is -0.131. The van der Waals surface area contributed by atoms with Gasteiger partial charge in [-0.1, -0.05) is 18.2 Å². The number of halogens is 1. The van der Waals surface area contributed by atoms with Crippen molar-refractivity contribution in [1.82, 2.24) is 5.32 Å². The Morgan fingerprint density at radius 2 is 1.76 bits per heavy atom. The van der Waals surface area contributed by atoms with Gasteiger partial charge in [-0.2, -0.15) is 0 Å². The van der Waals surface area contributed by atoms with Gasteiger partial charge in [-0.3, -0.25) is 14.4 Å². The molecule has 1 aromatic heterocycles. The summed E-state index contributed by atoms with van der Waals surface area (Å²) in [6, 6.07) is 16.6. The third-order valence-corrected chi connectivity index (χ3v) is 4.25. The lowest BCUT2D eigenvalue weighted by Crippen LogP contribution is -2.22. The van der Waals surface area contributed by atoms with Gasteiger partial charge in [0.25, 0.3) is 11.8 Å². The predicted molar refractivity (Wildman–Crippen MR) is 110 cm³/mol. The molecule has 1 heterocycles. The maximum absolute atomic E-state index is 12.4. The lowest BCUT2D eigenvalue weighted by Gasteiger charge is -2.08. The highest BCUT2D eigenvalue weighted by atomic mass is 79.9. The zero-order chi connectivity index (χ0) is 20.8. The molecule has 2 N–H and O–H groups in total. The van der Waals surface area contributed by atoms with Crippen molar-refractivity contribution in [2.75, 3.05) is 5.32 Å². The number of furan rings is 1. The van der Waals surface area contributed by atoms with E-state index in [1.54, 1.807) is 54.6 Å². The van der Waals surface area contributed by atoms with E-state index in [1.807, 2.05) is 0 Å². The number of rotatable bonds is 6. The minimum Gasteiger partial charge on any atom is -0.444 e. The second kappa shape index (κ2) is 9.20. The molecule has 0 fully saturated rings. The predicted octanol–water partition coefficient (Wildman–Crippen LogP) is 4.15. The number of benzene rings is 2. The first-order chi connectivity index (χ1) is 13.9. The summed E-state index contributed by atoms with van der Waals surface area (Å²) in [6.07, 6.45) is 0. The fourth-order valence-corrected chi connectivity index (χ4v) is 2.79. The van der Waals surface area contributed by atoms with Crippen LogP contribution in [-0.4, -0.2) is 17.8 Å². The Hall–Kier alpha value is -3.39. The molecule has 8 heteroatoms. The summed E-state index contributed by atoms with van der Waals surface area (Å²) in [6.45, 7) is 1.61. The molecule has 0 aliphatic carbocycles. The Morgan fingerprint density at radius 1 is 1.00 bits per heavy atom. The highest BCUT2D eigenvalue weighted by Crippen LogP contribution is 2.17. The van der Waals surface area contributed by atoms with Gasteiger partial charge in [0.1, 0.15) is 5.75 Å². The zero-order valence-electron chi connectivity index (χ0n) is 15.4. The Bertz CT molecular complexity index is 1040. The first-order valence-electron chi connectivity index (χ1n) is 8.63. The van der Waals surface area contributed by atoms with Gasteiger partial charge in [-0.25, -0.2) is 0 Å². The van der Waals surface area contributed by atoms with Crippen LogP contribution in [0.2, 0.25) is 0 Å². The molecule has 3 aromatic rings. The van der Waals surface area contributed by atoms with Crippen molar-refractivity contribution in [2.24, 2.45) is 0 Å². The Balaban J connectivity index is 1.56. The van der Waals surface area contributed by atoms with Gasteiger partial charge in [0.2, 0.25) is 0 Å². The van der Waals surface area contributed by atoms with Crippen molar-refractivity contribution < 1.29 is 23.5 Å². The fraction of sp³-hybridized carbons (Fsp3) is 0.0952. The molecule has 2 amide bonds. The quantitative estimate of drug-likeness (QED) is 0.428. The number of carbonyl (C=O) groups excluding carboxylic acids is 3. The average molecular weight is 457 g/mol. The Morgan fingerprint density at radius 3 is 2.41 bits per heavy atom. The monoisotopic (exact) mass is 456 g/mol. The molecule has 0 saturated carbocycles. The minimum absolute atomic E-state index is 0.219. The summed E-state index contributed by atoms with van der Waals surface area (Å²) in [5.41, 5.74) is 1.82. The number of esters is 1. The molecule has 0 radical (unpaired) electrons. The number of hydrogen-bond acceptors (Lipinski definition) is 5. The molecule has 0 aliphatic rings. The third-order valence-electron chi connectivity index (χ3n) is 3.82. The highest BCUT2D eigenvalue weighted by Gasteiger charge is 2.11. The van der Waals surface area contributed by atoms with E-state index < -0.39 is 5.97 Å². The van der Waals surface area contributed by atoms with Crippen molar-refractivity contribution in [1.29, 1.82) is 0 Å². The number of carbonyl (C=O) groups is 3. The van der Waals surface area contributed by atoms with Gasteiger partial charge in [-0.05, 0) is 64.0 Å². The highest BCUT2D eigenvalue weighted by molar-refractivity contribution is 9.10. The van der Waals surface area contributed by atoms with Crippen LogP contribution < -0.4 is 15.4 Å². The molecule has 0 atom stereocenters. The van der Waals surface area contributed by atoms with Crippen LogP contribution >= 0.6 is 15.9 Å². The molecular weight excluding hydrogens is 440 g/mol. The lowest BCUT2D eigenvalue weighted by atomic mass is 10.1. The van der Waals surface area contributed by atoms with Gasteiger partial charge in [0.15, 0.2) is 10.4 Å². The van der Waals surface area contributed by atoms with E-state index in [2.05, 4.69) is 26.6 Å². The van der Waals surface area contributed by atoms with Crippen LogP contribution in [0.4, 0.5) is 5.69 Å². The van der Waals surface area contributed by atoms with Gasteiger partial charge < -0.3 is 19.8 Å². The van der Waals surface area contributed by atoms with Crippen molar-refractivity contribution >= 4 is 39.4 Å². The molecule has 0 spiro atoms. The largest absolute Gasteiger partial charge is 0.444 e. The molecule has 3 rings (SSSR count). The summed E-state index contributed by atoms with van der Waals surface area (Å²) in [7, 11) is 0. The third kappa shape index (κ3) is 5.79. The van der Waals surface area contributed by atoms with Gasteiger partial charge in [0, 0.05) is 24.7 Å². The summed E-state index contributed by atoms with van der Waals surface area (Å²) in [5.74, 6) is -0.578. The SMILES string of the molecule is CC(=O)Oc1cccc(C(=O)Nc2ccc(CNC(=O)c3ccc(Br)o3)cc2)c1. The van der Waals surface area contributed by atoms with E-state index in [4.69, 9.17) is 9.15 Å². The van der Waals surface area contributed by atoms with Crippen LogP contribution in [-0.2, 0) is 11.3 Å². The van der Waals surface area contributed by atoms with Crippen LogP contribution in [0.5, 0.6) is 5.75 Å². The van der Waals surface area contributed by atoms with Gasteiger partial charge in [0.05, 0.1) is 0 Å². The van der Waals surface area contributed by atoms with Crippen LogP contribution in [0, 0.1) is 0 Å². The van der Waals surface area contributed by atoms with E-state index in [9.17, 15) is 14.4 Å². The second-order valence-corrected chi connectivity index (χ2v) is 6.84. The molecule has 0 saturated heterocycles. The first kappa shape index (κ1) is 20.3. The van der Waals surface area contributed by atoms with E-state index in [1.165, 1.54) is 13.0 Å². The van der Waals surface area contributed by atoms with Gasteiger partial charge in [-0.15, -0.1) is 0 Å². The van der Waals surface area contributed by atoms with Crippen LogP contribution in [0.15, 0.2) is 69.8 Å². The fourth-order valence-electron chi connectivity index (χ4n) is 2.48. The normalized spacial score (nSPS) is 10.3. The van der Waals surface area contributed by atoms with E-state index >= 15 is 0 Å². The molecule has 2 aromatic carbocycles. The second-order valence-electron chi connectivity index (χ2n) is 6.06. The number of ether oxygens (including phenoxy) is 1. The molecular formula is C21H17BrN2O5. The summed E-state index contributed by atoms with van der Waals surface area (Å²) in [4.78, 5) is 35.4. The Labute approximate surface area is 175 Å². The first-order valence-corrected chi connectivity index (χ1v) is 9.42. The maximum Gasteiger partial charge on any atom is 0.308 e.